The van der Waals surface area contributed by atoms with Crippen LogP contribution < -0.4 is 4.74 Å². The number of rotatable bonds is 7. The predicted octanol–water partition coefficient (Wildman–Crippen LogP) is 4.93. The molecule has 5 heteroatoms. The second-order valence-electron chi connectivity index (χ2n) is 7.84. The van der Waals surface area contributed by atoms with Crippen molar-refractivity contribution in [1.29, 1.82) is 0 Å². The Labute approximate surface area is 182 Å². The number of nitrogens with zero attached hydrogens (tertiary/aromatic N) is 2. The molecule has 1 amide bonds. The monoisotopic (exact) mass is 414 g/mol. The lowest BCUT2D eigenvalue weighted by Gasteiger charge is -2.32. The summed E-state index contributed by atoms with van der Waals surface area (Å²) in [5.74, 6) is 1.49. The maximum absolute atomic E-state index is 13.0. The van der Waals surface area contributed by atoms with Gasteiger partial charge in [0.15, 0.2) is 5.78 Å². The number of amides is 1. The number of Topliss-reactive ketones (excluding diaryl/α,β-unsaturated/α-hetero) is 1. The van der Waals surface area contributed by atoms with Gasteiger partial charge in [-0.25, -0.2) is 0 Å². The topological polar surface area (TPSA) is 59.5 Å². The largest absolute Gasteiger partial charge is 0.457 e. The van der Waals surface area contributed by atoms with Crippen molar-refractivity contribution in [2.45, 2.75) is 25.7 Å². The number of aromatic nitrogens is 1. The average Bonchev–Trinajstić information content (AvgIpc) is 2.84. The number of hydrogen-bond donors (Lipinski definition) is 0. The van der Waals surface area contributed by atoms with E-state index in [1.54, 1.807) is 12.4 Å². The molecule has 2 heterocycles. The van der Waals surface area contributed by atoms with E-state index in [1.165, 1.54) is 0 Å². The van der Waals surface area contributed by atoms with Crippen LogP contribution in [0.2, 0.25) is 0 Å². The molecule has 2 aromatic carbocycles. The van der Waals surface area contributed by atoms with Gasteiger partial charge >= 0.3 is 0 Å². The number of ketones is 1. The summed E-state index contributed by atoms with van der Waals surface area (Å²) in [6, 6.07) is 20.7. The first-order valence-corrected chi connectivity index (χ1v) is 10.7. The van der Waals surface area contributed by atoms with E-state index in [0.717, 1.165) is 30.7 Å². The molecule has 1 aromatic heterocycles. The summed E-state index contributed by atoms with van der Waals surface area (Å²) in [5, 5.41) is 0. The van der Waals surface area contributed by atoms with Gasteiger partial charge in [-0.05, 0) is 67.3 Å². The SMILES string of the molecule is O=C(c1ccc(Oc2ccccc2)cc1)[C@H]1CCCN(C(=O)CCc2cccnc2)C1. The first-order valence-electron chi connectivity index (χ1n) is 10.7. The van der Waals surface area contributed by atoms with E-state index in [1.807, 2.05) is 71.6 Å². The smallest absolute Gasteiger partial charge is 0.222 e. The minimum absolute atomic E-state index is 0.0935. The molecule has 0 spiro atoms. The Balaban J connectivity index is 1.33. The highest BCUT2D eigenvalue weighted by molar-refractivity contribution is 5.98. The van der Waals surface area contributed by atoms with Crippen LogP contribution in [0.5, 0.6) is 11.5 Å². The molecule has 0 N–H and O–H groups in total. The standard InChI is InChI=1S/C26H26N2O3/c29-25(15-10-20-6-4-16-27-18-20)28-17-5-7-22(19-28)26(30)21-11-13-24(14-12-21)31-23-8-2-1-3-9-23/h1-4,6,8-9,11-14,16,18,22H,5,7,10,15,17,19H2/t22-/m0/s1. The van der Waals surface area contributed by atoms with Crippen LogP contribution in [-0.4, -0.2) is 34.7 Å². The Morgan fingerprint density at radius 1 is 0.968 bits per heavy atom. The number of carbonyl (C=O) groups is 2. The van der Waals surface area contributed by atoms with Gasteiger partial charge in [-0.1, -0.05) is 24.3 Å². The maximum atomic E-state index is 13.0. The summed E-state index contributed by atoms with van der Waals surface area (Å²) < 4.78 is 5.80. The third-order valence-electron chi connectivity index (χ3n) is 5.61. The Morgan fingerprint density at radius 3 is 2.48 bits per heavy atom. The van der Waals surface area contributed by atoms with Gasteiger partial charge in [-0.3, -0.25) is 14.6 Å². The number of carbonyl (C=O) groups excluding carboxylic acids is 2. The van der Waals surface area contributed by atoms with E-state index in [4.69, 9.17) is 4.74 Å². The normalized spacial score (nSPS) is 16.0. The van der Waals surface area contributed by atoms with Crippen molar-refractivity contribution in [3.63, 3.8) is 0 Å². The van der Waals surface area contributed by atoms with Gasteiger partial charge in [0, 0.05) is 43.4 Å². The molecule has 1 atom stereocenters. The zero-order valence-corrected chi connectivity index (χ0v) is 17.4. The van der Waals surface area contributed by atoms with Crippen molar-refractivity contribution in [3.05, 3.63) is 90.3 Å². The lowest BCUT2D eigenvalue weighted by Crippen LogP contribution is -2.42. The molecule has 1 saturated heterocycles. The van der Waals surface area contributed by atoms with Gasteiger partial charge in [-0.2, -0.15) is 0 Å². The summed E-state index contributed by atoms with van der Waals surface area (Å²) in [4.78, 5) is 31.6. The molecule has 0 radical (unpaired) electrons. The molecule has 31 heavy (non-hydrogen) atoms. The molecule has 3 aromatic rings. The van der Waals surface area contributed by atoms with Crippen molar-refractivity contribution < 1.29 is 14.3 Å². The van der Waals surface area contributed by atoms with Crippen LogP contribution >= 0.6 is 0 Å². The fourth-order valence-electron chi connectivity index (χ4n) is 3.92. The van der Waals surface area contributed by atoms with E-state index < -0.39 is 0 Å². The minimum atomic E-state index is -0.156. The molecule has 0 saturated carbocycles. The number of para-hydroxylation sites is 1. The Bertz CT molecular complexity index is 1000. The van der Waals surface area contributed by atoms with E-state index >= 15 is 0 Å². The molecule has 0 bridgehead atoms. The van der Waals surface area contributed by atoms with Gasteiger partial charge in [0.2, 0.25) is 5.91 Å². The Hall–Kier alpha value is -3.47. The van der Waals surface area contributed by atoms with Gasteiger partial charge in [0.25, 0.3) is 0 Å². The van der Waals surface area contributed by atoms with Crippen LogP contribution in [0, 0.1) is 5.92 Å². The first-order chi connectivity index (χ1) is 15.2. The van der Waals surface area contributed by atoms with Crippen LogP contribution in [-0.2, 0) is 11.2 Å². The van der Waals surface area contributed by atoms with Crippen LogP contribution in [0.4, 0.5) is 0 Å². The van der Waals surface area contributed by atoms with Crippen molar-refractivity contribution in [2.75, 3.05) is 13.1 Å². The minimum Gasteiger partial charge on any atom is -0.457 e. The van der Waals surface area contributed by atoms with Gasteiger partial charge in [0.1, 0.15) is 11.5 Å². The third kappa shape index (κ3) is 5.57. The molecule has 158 valence electrons. The van der Waals surface area contributed by atoms with Gasteiger partial charge in [-0.15, -0.1) is 0 Å². The molecular weight excluding hydrogens is 388 g/mol. The quantitative estimate of drug-likeness (QED) is 0.515. The Kier molecular flexibility index (Phi) is 6.72. The summed E-state index contributed by atoms with van der Waals surface area (Å²) >= 11 is 0. The lowest BCUT2D eigenvalue weighted by molar-refractivity contribution is -0.132. The third-order valence-corrected chi connectivity index (χ3v) is 5.61. The number of piperidine rings is 1. The lowest BCUT2D eigenvalue weighted by atomic mass is 9.89. The van der Waals surface area contributed by atoms with Crippen molar-refractivity contribution in [3.8, 4) is 11.5 Å². The van der Waals surface area contributed by atoms with Crippen LogP contribution in [0.1, 0.15) is 35.2 Å². The van der Waals surface area contributed by atoms with Crippen LogP contribution in [0.3, 0.4) is 0 Å². The molecule has 5 nitrogen and oxygen atoms in total. The number of benzene rings is 2. The van der Waals surface area contributed by atoms with Crippen molar-refractivity contribution in [2.24, 2.45) is 5.92 Å². The average molecular weight is 415 g/mol. The van der Waals surface area contributed by atoms with E-state index in [2.05, 4.69) is 4.98 Å². The second kappa shape index (κ2) is 10.0. The first kappa shape index (κ1) is 20.8. The second-order valence-corrected chi connectivity index (χ2v) is 7.84. The number of pyridine rings is 1. The molecule has 1 aliphatic rings. The molecule has 0 unspecified atom stereocenters. The predicted molar refractivity (Wildman–Crippen MR) is 119 cm³/mol. The Morgan fingerprint density at radius 2 is 1.74 bits per heavy atom. The van der Waals surface area contributed by atoms with Gasteiger partial charge < -0.3 is 9.64 Å². The number of likely N-dealkylation sites (tertiary alicyclic amines) is 1. The zero-order valence-electron chi connectivity index (χ0n) is 17.4. The molecular formula is C26H26N2O3. The molecule has 1 aliphatic heterocycles. The number of ether oxygens (including phenoxy) is 1. The molecule has 4 rings (SSSR count). The van der Waals surface area contributed by atoms with Crippen molar-refractivity contribution in [1.82, 2.24) is 9.88 Å². The number of hydrogen-bond acceptors (Lipinski definition) is 4. The maximum Gasteiger partial charge on any atom is 0.222 e. The highest BCUT2D eigenvalue weighted by Crippen LogP contribution is 2.25. The highest BCUT2D eigenvalue weighted by atomic mass is 16.5. The van der Waals surface area contributed by atoms with E-state index in [0.29, 0.717) is 30.7 Å². The summed E-state index contributed by atoms with van der Waals surface area (Å²) in [7, 11) is 0. The van der Waals surface area contributed by atoms with Crippen LogP contribution in [0.15, 0.2) is 79.1 Å². The summed E-state index contributed by atoms with van der Waals surface area (Å²) in [6.07, 6.45) is 6.30. The van der Waals surface area contributed by atoms with Gasteiger partial charge in [0.05, 0.1) is 0 Å². The van der Waals surface area contributed by atoms with Crippen molar-refractivity contribution >= 4 is 11.7 Å². The molecule has 1 fully saturated rings. The number of aryl methyl sites for hydroxylation is 1. The summed E-state index contributed by atoms with van der Waals surface area (Å²) in [6.45, 7) is 1.21. The zero-order chi connectivity index (χ0) is 21.5. The summed E-state index contributed by atoms with van der Waals surface area (Å²) in [5.41, 5.74) is 1.72. The fraction of sp³-hybridized carbons (Fsp3) is 0.269. The van der Waals surface area contributed by atoms with E-state index in [-0.39, 0.29) is 17.6 Å². The van der Waals surface area contributed by atoms with Crippen LogP contribution in [0.25, 0.3) is 0 Å². The molecule has 0 aliphatic carbocycles. The fourth-order valence-corrected chi connectivity index (χ4v) is 3.92. The van der Waals surface area contributed by atoms with E-state index in [9.17, 15) is 9.59 Å². The highest BCUT2D eigenvalue weighted by Gasteiger charge is 2.28.